The molecule has 0 fully saturated rings. The van der Waals surface area contributed by atoms with E-state index in [1.165, 1.54) is 63.4 Å². The Morgan fingerprint density at radius 1 is 1.00 bits per heavy atom. The van der Waals surface area contributed by atoms with E-state index in [1.807, 2.05) is 12.4 Å². The van der Waals surface area contributed by atoms with Gasteiger partial charge in [-0.3, -0.25) is 5.10 Å². The maximum absolute atomic E-state index is 3.95. The van der Waals surface area contributed by atoms with Crippen molar-refractivity contribution in [1.29, 1.82) is 0 Å². The lowest BCUT2D eigenvalue weighted by molar-refractivity contribution is 0.575. The van der Waals surface area contributed by atoms with Crippen molar-refractivity contribution in [3.8, 4) is 0 Å². The quantitative estimate of drug-likeness (QED) is 0.608. The third-order valence-electron chi connectivity index (χ3n) is 2.87. The Kier molecular flexibility index (Phi) is 6.97. The molecule has 2 heteroatoms. The molecule has 1 aromatic heterocycles. The topological polar surface area (TPSA) is 28.7 Å². The van der Waals surface area contributed by atoms with Crippen molar-refractivity contribution in [2.24, 2.45) is 0 Å². The van der Waals surface area contributed by atoms with E-state index in [2.05, 4.69) is 17.1 Å². The highest BCUT2D eigenvalue weighted by Gasteiger charge is 1.94. The normalized spacial score (nSPS) is 10.7. The van der Waals surface area contributed by atoms with Crippen LogP contribution in [0, 0.1) is 0 Å². The molecule has 2 nitrogen and oxygen atoms in total. The predicted octanol–water partition coefficient (Wildman–Crippen LogP) is 4.09. The van der Waals surface area contributed by atoms with E-state index in [0.29, 0.717) is 0 Å². The van der Waals surface area contributed by atoms with E-state index in [0.717, 1.165) is 0 Å². The molecule has 0 radical (unpaired) electrons. The molecule has 0 saturated carbocycles. The van der Waals surface area contributed by atoms with E-state index < -0.39 is 0 Å². The van der Waals surface area contributed by atoms with Gasteiger partial charge in [0.05, 0.1) is 6.20 Å². The monoisotopic (exact) mass is 208 g/mol. The van der Waals surface area contributed by atoms with Gasteiger partial charge in [0.1, 0.15) is 0 Å². The van der Waals surface area contributed by atoms with Crippen LogP contribution in [0.4, 0.5) is 0 Å². The number of aromatic amines is 1. The molecular formula is C13H24N2. The molecule has 0 saturated heterocycles. The van der Waals surface area contributed by atoms with Gasteiger partial charge in [0.25, 0.3) is 0 Å². The van der Waals surface area contributed by atoms with Crippen LogP contribution in [0.1, 0.15) is 63.9 Å². The van der Waals surface area contributed by atoms with Crippen molar-refractivity contribution in [3.05, 3.63) is 18.0 Å². The summed E-state index contributed by atoms with van der Waals surface area (Å²) in [6.45, 7) is 2.27. The molecule has 0 unspecified atom stereocenters. The number of nitrogens with zero attached hydrogens (tertiary/aromatic N) is 1. The minimum Gasteiger partial charge on any atom is -0.285 e. The zero-order valence-corrected chi connectivity index (χ0v) is 9.97. The highest BCUT2D eigenvalue weighted by atomic mass is 15.1. The van der Waals surface area contributed by atoms with Gasteiger partial charge in [-0.15, -0.1) is 0 Å². The summed E-state index contributed by atoms with van der Waals surface area (Å²) in [5.74, 6) is 0. The molecule has 0 spiro atoms. The van der Waals surface area contributed by atoms with Crippen LogP contribution in [0.5, 0.6) is 0 Å². The Balaban J connectivity index is 1.81. The second-order valence-electron chi connectivity index (χ2n) is 4.33. The first-order chi connectivity index (χ1) is 7.43. The number of nitrogens with one attached hydrogen (secondary N) is 1. The highest BCUT2D eigenvalue weighted by molar-refractivity contribution is 5.01. The number of hydrogen-bond donors (Lipinski definition) is 1. The first-order valence-corrected chi connectivity index (χ1v) is 6.41. The lowest BCUT2D eigenvalue weighted by Crippen LogP contribution is -1.84. The second kappa shape index (κ2) is 8.51. The fraction of sp³-hybridized carbons (Fsp3) is 0.769. The lowest BCUT2D eigenvalue weighted by Gasteiger charge is -2.00. The number of rotatable bonds is 9. The van der Waals surface area contributed by atoms with Crippen LogP contribution >= 0.6 is 0 Å². The van der Waals surface area contributed by atoms with Crippen molar-refractivity contribution in [3.63, 3.8) is 0 Å². The molecule has 86 valence electrons. The van der Waals surface area contributed by atoms with Crippen molar-refractivity contribution >= 4 is 0 Å². The van der Waals surface area contributed by atoms with Gasteiger partial charge in [0.15, 0.2) is 0 Å². The van der Waals surface area contributed by atoms with Crippen molar-refractivity contribution in [2.45, 2.75) is 64.7 Å². The maximum atomic E-state index is 3.95. The van der Waals surface area contributed by atoms with Crippen molar-refractivity contribution < 1.29 is 0 Å². The Hall–Kier alpha value is -0.790. The van der Waals surface area contributed by atoms with Crippen molar-refractivity contribution in [1.82, 2.24) is 10.2 Å². The number of unbranched alkanes of at least 4 members (excludes halogenated alkanes) is 7. The molecule has 0 aromatic carbocycles. The fourth-order valence-corrected chi connectivity index (χ4v) is 1.88. The van der Waals surface area contributed by atoms with E-state index in [1.54, 1.807) is 0 Å². The summed E-state index contributed by atoms with van der Waals surface area (Å²) in [5, 5.41) is 6.80. The molecule has 0 aliphatic heterocycles. The number of aromatic nitrogens is 2. The molecular weight excluding hydrogens is 184 g/mol. The summed E-state index contributed by atoms with van der Waals surface area (Å²) in [7, 11) is 0. The predicted molar refractivity (Wildman–Crippen MR) is 64.9 cm³/mol. The lowest BCUT2D eigenvalue weighted by atomic mass is 10.1. The summed E-state index contributed by atoms with van der Waals surface area (Å²) in [4.78, 5) is 0. The molecule has 0 amide bonds. The average molecular weight is 208 g/mol. The van der Waals surface area contributed by atoms with Crippen LogP contribution in [0.25, 0.3) is 0 Å². The van der Waals surface area contributed by atoms with Gasteiger partial charge in [-0.25, -0.2) is 0 Å². The minimum absolute atomic E-state index is 1.19. The smallest absolute Gasteiger partial charge is 0.0519 e. The molecule has 0 aliphatic carbocycles. The number of aryl methyl sites for hydroxylation is 1. The second-order valence-corrected chi connectivity index (χ2v) is 4.33. The van der Waals surface area contributed by atoms with Gasteiger partial charge >= 0.3 is 0 Å². The van der Waals surface area contributed by atoms with Crippen LogP contribution in [-0.2, 0) is 6.42 Å². The van der Waals surface area contributed by atoms with Gasteiger partial charge < -0.3 is 0 Å². The van der Waals surface area contributed by atoms with Crippen LogP contribution in [-0.4, -0.2) is 10.2 Å². The largest absolute Gasteiger partial charge is 0.285 e. The number of hydrogen-bond acceptors (Lipinski definition) is 1. The van der Waals surface area contributed by atoms with E-state index in [9.17, 15) is 0 Å². The van der Waals surface area contributed by atoms with Gasteiger partial charge in [0, 0.05) is 6.20 Å². The SMILES string of the molecule is CCCCCCCCCCc1cn[nH]c1. The fourth-order valence-electron chi connectivity index (χ4n) is 1.88. The zero-order valence-electron chi connectivity index (χ0n) is 9.97. The van der Waals surface area contributed by atoms with Crippen LogP contribution in [0.15, 0.2) is 12.4 Å². The van der Waals surface area contributed by atoms with Gasteiger partial charge in [-0.05, 0) is 18.4 Å². The van der Waals surface area contributed by atoms with Crippen LogP contribution in [0.3, 0.4) is 0 Å². The molecule has 15 heavy (non-hydrogen) atoms. The van der Waals surface area contributed by atoms with Crippen LogP contribution < -0.4 is 0 Å². The Morgan fingerprint density at radius 3 is 2.27 bits per heavy atom. The molecule has 1 N–H and O–H groups in total. The van der Waals surface area contributed by atoms with E-state index in [-0.39, 0.29) is 0 Å². The third-order valence-corrected chi connectivity index (χ3v) is 2.87. The Bertz CT molecular complexity index is 216. The summed E-state index contributed by atoms with van der Waals surface area (Å²) in [6, 6.07) is 0. The molecule has 0 aliphatic rings. The third kappa shape index (κ3) is 6.32. The first kappa shape index (κ1) is 12.3. The Morgan fingerprint density at radius 2 is 1.67 bits per heavy atom. The summed E-state index contributed by atoms with van der Waals surface area (Å²) in [5.41, 5.74) is 1.35. The molecule has 1 rings (SSSR count). The minimum atomic E-state index is 1.19. The van der Waals surface area contributed by atoms with Crippen molar-refractivity contribution in [2.75, 3.05) is 0 Å². The van der Waals surface area contributed by atoms with E-state index >= 15 is 0 Å². The van der Waals surface area contributed by atoms with Gasteiger partial charge in [-0.2, -0.15) is 5.10 Å². The standard InChI is InChI=1S/C13H24N2/c1-2-3-4-5-6-7-8-9-10-13-11-14-15-12-13/h11-12H,2-10H2,1H3,(H,14,15). The van der Waals surface area contributed by atoms with E-state index in [4.69, 9.17) is 0 Å². The summed E-state index contributed by atoms with van der Waals surface area (Å²) < 4.78 is 0. The molecule has 1 heterocycles. The molecule has 0 atom stereocenters. The molecule has 1 aromatic rings. The molecule has 0 bridgehead atoms. The average Bonchev–Trinajstić information content (AvgIpc) is 2.75. The Labute approximate surface area is 93.5 Å². The number of H-pyrrole nitrogens is 1. The van der Waals surface area contributed by atoms with Gasteiger partial charge in [-0.1, -0.05) is 51.9 Å². The maximum Gasteiger partial charge on any atom is 0.0519 e. The van der Waals surface area contributed by atoms with Gasteiger partial charge in [0.2, 0.25) is 0 Å². The highest BCUT2D eigenvalue weighted by Crippen LogP contribution is 2.10. The first-order valence-electron chi connectivity index (χ1n) is 6.41. The zero-order chi connectivity index (χ0) is 10.8. The summed E-state index contributed by atoms with van der Waals surface area (Å²) >= 11 is 0. The van der Waals surface area contributed by atoms with Crippen LogP contribution in [0.2, 0.25) is 0 Å². The summed E-state index contributed by atoms with van der Waals surface area (Å²) in [6.07, 6.45) is 16.2.